The van der Waals surface area contributed by atoms with E-state index in [2.05, 4.69) is 35.4 Å². The quantitative estimate of drug-likeness (QED) is 0.738. The lowest BCUT2D eigenvalue weighted by Gasteiger charge is -2.14. The average molecular weight is 249 g/mol. The predicted octanol–water partition coefficient (Wildman–Crippen LogP) is 1.24. The zero-order valence-electron chi connectivity index (χ0n) is 11.4. The molecule has 1 aliphatic carbocycles. The summed E-state index contributed by atoms with van der Waals surface area (Å²) < 4.78 is 5.57. The Kier molecular flexibility index (Phi) is 5.11. The van der Waals surface area contributed by atoms with Crippen LogP contribution in [0.2, 0.25) is 0 Å². The lowest BCUT2D eigenvalue weighted by atomic mass is 10.2. The Labute approximate surface area is 109 Å². The van der Waals surface area contributed by atoms with E-state index in [1.807, 2.05) is 12.3 Å². The molecule has 18 heavy (non-hydrogen) atoms. The zero-order chi connectivity index (χ0) is 12.8. The fourth-order valence-corrected chi connectivity index (χ4v) is 2.27. The molecule has 1 aromatic rings. The first-order valence-corrected chi connectivity index (χ1v) is 6.67. The molecule has 0 aromatic carbocycles. The number of fused-ring (bicyclic) bond motifs is 1. The smallest absolute Gasteiger partial charge is 0.0605 e. The van der Waals surface area contributed by atoms with E-state index in [1.165, 1.54) is 11.3 Å². The van der Waals surface area contributed by atoms with Gasteiger partial charge in [-0.2, -0.15) is 0 Å². The molecule has 1 N–H and O–H groups in total. The molecule has 0 radical (unpaired) electrons. The maximum Gasteiger partial charge on any atom is 0.0605 e. The summed E-state index contributed by atoms with van der Waals surface area (Å²) in [6.45, 7) is 3.45. The van der Waals surface area contributed by atoms with E-state index >= 15 is 0 Å². The third-order valence-electron chi connectivity index (χ3n) is 3.28. The van der Waals surface area contributed by atoms with Crippen LogP contribution in [-0.2, 0) is 11.2 Å². The molecule has 2 rings (SSSR count). The Bertz CT molecular complexity index is 368. The number of nitrogens with zero attached hydrogens (tertiary/aromatic N) is 2. The molecule has 1 heterocycles. The number of hydrogen-bond donors (Lipinski definition) is 1. The number of aryl methyl sites for hydroxylation is 1. The summed E-state index contributed by atoms with van der Waals surface area (Å²) in [6, 6.07) is 4.61. The molecule has 100 valence electrons. The summed E-state index contributed by atoms with van der Waals surface area (Å²) in [7, 11) is 4.12. The monoisotopic (exact) mass is 249 g/mol. The number of nitrogens with one attached hydrogen (secondary N) is 1. The normalized spacial score (nSPS) is 18.3. The van der Waals surface area contributed by atoms with Gasteiger partial charge in [0, 0.05) is 19.3 Å². The van der Waals surface area contributed by atoms with Gasteiger partial charge in [0.05, 0.1) is 24.9 Å². The van der Waals surface area contributed by atoms with Gasteiger partial charge < -0.3 is 15.0 Å². The van der Waals surface area contributed by atoms with Crippen molar-refractivity contribution in [3.8, 4) is 0 Å². The van der Waals surface area contributed by atoms with Crippen LogP contribution in [0.15, 0.2) is 18.3 Å². The van der Waals surface area contributed by atoms with Crippen LogP contribution in [0, 0.1) is 0 Å². The van der Waals surface area contributed by atoms with E-state index < -0.39 is 0 Å². The fraction of sp³-hybridized carbons (Fsp3) is 0.643. The highest BCUT2D eigenvalue weighted by atomic mass is 16.5. The number of likely N-dealkylation sites (N-methyl/N-ethyl adjacent to an activating group) is 1. The van der Waals surface area contributed by atoms with Gasteiger partial charge in [0.25, 0.3) is 0 Å². The lowest BCUT2D eigenvalue weighted by molar-refractivity contribution is 0.117. The molecule has 0 aliphatic heterocycles. The van der Waals surface area contributed by atoms with Crippen LogP contribution in [0.25, 0.3) is 0 Å². The summed E-state index contributed by atoms with van der Waals surface area (Å²) in [4.78, 5) is 6.60. The number of rotatable bonds is 7. The Hall–Kier alpha value is -0.970. The van der Waals surface area contributed by atoms with Gasteiger partial charge in [-0.1, -0.05) is 6.07 Å². The molecule has 1 atom stereocenters. The maximum absolute atomic E-state index is 5.57. The van der Waals surface area contributed by atoms with Gasteiger partial charge >= 0.3 is 0 Å². The predicted molar refractivity (Wildman–Crippen MR) is 72.7 cm³/mol. The molecule has 1 unspecified atom stereocenters. The van der Waals surface area contributed by atoms with E-state index in [-0.39, 0.29) is 0 Å². The van der Waals surface area contributed by atoms with Gasteiger partial charge in [0.15, 0.2) is 0 Å². The zero-order valence-corrected chi connectivity index (χ0v) is 11.4. The van der Waals surface area contributed by atoms with Crippen molar-refractivity contribution in [2.45, 2.75) is 18.9 Å². The van der Waals surface area contributed by atoms with Gasteiger partial charge in [-0.15, -0.1) is 0 Å². The third kappa shape index (κ3) is 3.77. The summed E-state index contributed by atoms with van der Waals surface area (Å²) in [5.41, 5.74) is 2.62. The number of ether oxygens (including phenoxy) is 1. The van der Waals surface area contributed by atoms with Gasteiger partial charge in [0.1, 0.15) is 0 Å². The summed E-state index contributed by atoms with van der Waals surface area (Å²) in [5.74, 6) is 0. The van der Waals surface area contributed by atoms with E-state index in [0.29, 0.717) is 6.04 Å². The maximum atomic E-state index is 5.57. The molecule has 0 fully saturated rings. The van der Waals surface area contributed by atoms with Gasteiger partial charge in [-0.25, -0.2) is 0 Å². The molecule has 0 saturated carbocycles. The first-order valence-electron chi connectivity index (χ1n) is 6.67. The summed E-state index contributed by atoms with van der Waals surface area (Å²) in [5, 5.41) is 3.52. The molecule has 1 aliphatic rings. The first kappa shape index (κ1) is 13.5. The Balaban J connectivity index is 1.64. The second kappa shape index (κ2) is 6.83. The largest absolute Gasteiger partial charge is 0.379 e. The van der Waals surface area contributed by atoms with Gasteiger partial charge in [-0.05, 0) is 38.6 Å². The highest BCUT2D eigenvalue weighted by Gasteiger charge is 2.22. The van der Waals surface area contributed by atoms with Crippen LogP contribution in [0.3, 0.4) is 0 Å². The standard InChI is InChI=1S/C14H23N3O/c1-17(2)9-11-18-10-8-15-13-6-5-12-4-3-7-16-14(12)13/h3-4,7,13,15H,5-6,8-11H2,1-2H3. The second-order valence-electron chi connectivity index (χ2n) is 5.01. The van der Waals surface area contributed by atoms with E-state index in [0.717, 1.165) is 39.1 Å². The van der Waals surface area contributed by atoms with E-state index in [9.17, 15) is 0 Å². The molecule has 4 nitrogen and oxygen atoms in total. The molecule has 0 bridgehead atoms. The molecular weight excluding hydrogens is 226 g/mol. The minimum atomic E-state index is 0.415. The highest BCUT2D eigenvalue weighted by molar-refractivity contribution is 5.27. The van der Waals surface area contributed by atoms with Crippen LogP contribution in [-0.4, -0.2) is 50.3 Å². The summed E-state index contributed by atoms with van der Waals surface area (Å²) >= 11 is 0. The topological polar surface area (TPSA) is 37.4 Å². The number of pyridine rings is 1. The van der Waals surface area contributed by atoms with Crippen molar-refractivity contribution in [3.63, 3.8) is 0 Å². The molecule has 0 amide bonds. The molecule has 0 saturated heterocycles. The fourth-order valence-electron chi connectivity index (χ4n) is 2.27. The van der Waals surface area contributed by atoms with Crippen molar-refractivity contribution < 1.29 is 4.74 Å². The van der Waals surface area contributed by atoms with E-state index in [1.54, 1.807) is 0 Å². The third-order valence-corrected chi connectivity index (χ3v) is 3.28. The Morgan fingerprint density at radius 3 is 3.17 bits per heavy atom. The lowest BCUT2D eigenvalue weighted by Crippen LogP contribution is -2.26. The van der Waals surface area contributed by atoms with Crippen LogP contribution in [0.5, 0.6) is 0 Å². The van der Waals surface area contributed by atoms with Crippen LogP contribution in [0.1, 0.15) is 23.7 Å². The average Bonchev–Trinajstić information content (AvgIpc) is 2.77. The summed E-state index contributed by atoms with van der Waals surface area (Å²) in [6.07, 6.45) is 4.18. The highest BCUT2D eigenvalue weighted by Crippen LogP contribution is 2.28. The van der Waals surface area contributed by atoms with Gasteiger partial charge in [0.2, 0.25) is 0 Å². The van der Waals surface area contributed by atoms with Crippen molar-refractivity contribution in [1.82, 2.24) is 15.2 Å². The van der Waals surface area contributed by atoms with Crippen LogP contribution >= 0.6 is 0 Å². The van der Waals surface area contributed by atoms with Crippen molar-refractivity contribution in [3.05, 3.63) is 29.6 Å². The van der Waals surface area contributed by atoms with Crippen molar-refractivity contribution >= 4 is 0 Å². The molecule has 4 heteroatoms. The Morgan fingerprint density at radius 2 is 2.33 bits per heavy atom. The second-order valence-corrected chi connectivity index (χ2v) is 5.01. The number of aromatic nitrogens is 1. The van der Waals surface area contributed by atoms with Gasteiger partial charge in [-0.3, -0.25) is 4.98 Å². The first-order chi connectivity index (χ1) is 8.77. The van der Waals surface area contributed by atoms with Crippen LogP contribution in [0.4, 0.5) is 0 Å². The minimum Gasteiger partial charge on any atom is -0.379 e. The Morgan fingerprint density at radius 1 is 1.44 bits per heavy atom. The number of hydrogen-bond acceptors (Lipinski definition) is 4. The SMILES string of the molecule is CN(C)CCOCCNC1CCc2cccnc21. The van der Waals surface area contributed by atoms with Crippen molar-refractivity contribution in [2.24, 2.45) is 0 Å². The van der Waals surface area contributed by atoms with Crippen LogP contribution < -0.4 is 5.32 Å². The molecular formula is C14H23N3O. The molecule has 0 spiro atoms. The van der Waals surface area contributed by atoms with Crippen molar-refractivity contribution in [2.75, 3.05) is 40.4 Å². The van der Waals surface area contributed by atoms with Crippen molar-refractivity contribution in [1.29, 1.82) is 0 Å². The molecule has 1 aromatic heterocycles. The minimum absolute atomic E-state index is 0.415. The van der Waals surface area contributed by atoms with E-state index in [4.69, 9.17) is 4.74 Å².